The molecule has 0 saturated carbocycles. The maximum atomic E-state index is 11.3. The Balaban J connectivity index is 2.46. The summed E-state index contributed by atoms with van der Waals surface area (Å²) in [6.45, 7) is 4.21. The summed E-state index contributed by atoms with van der Waals surface area (Å²) in [6.07, 6.45) is 5.07. The normalized spacial score (nSPS) is 20.1. The zero-order chi connectivity index (χ0) is 9.35. The van der Waals surface area contributed by atoms with E-state index in [4.69, 9.17) is 6.42 Å². The van der Waals surface area contributed by atoms with Gasteiger partial charge in [-0.1, -0.05) is 19.8 Å². The molecule has 0 aromatic rings. The molecule has 12 heavy (non-hydrogen) atoms. The van der Waals surface area contributed by atoms with Crippen molar-refractivity contribution in [1.29, 1.82) is 0 Å². The highest BCUT2D eigenvalue weighted by atomic mass is 16.3. The molecule has 1 N–H and O–H groups in total. The zero-order valence-corrected chi connectivity index (χ0v) is 7.37. The van der Waals surface area contributed by atoms with E-state index in [0.29, 0.717) is 0 Å². The summed E-state index contributed by atoms with van der Waals surface area (Å²) >= 11 is 0. The molecule has 3 nitrogen and oxygen atoms in total. The van der Waals surface area contributed by atoms with Gasteiger partial charge in [0.1, 0.15) is 0 Å². The Hall–Kier alpha value is -1.01. The molecule has 0 atom stereocenters. The van der Waals surface area contributed by atoms with Crippen LogP contribution in [0.15, 0.2) is 0 Å². The second kappa shape index (κ2) is 2.80. The molecule has 1 aliphatic heterocycles. The predicted octanol–water partition coefficient (Wildman–Crippen LogP) is -0.151. The van der Waals surface area contributed by atoms with Crippen LogP contribution in [0.5, 0.6) is 0 Å². The molecule has 1 amide bonds. The molecule has 1 heterocycles. The Morgan fingerprint density at radius 1 is 1.67 bits per heavy atom. The summed E-state index contributed by atoms with van der Waals surface area (Å²) in [5, 5.41) is 9.39. The summed E-state index contributed by atoms with van der Waals surface area (Å²) in [5.41, 5.74) is -1.06. The molecule has 0 radical (unpaired) electrons. The lowest BCUT2D eigenvalue weighted by molar-refractivity contribution is -0.150. The van der Waals surface area contributed by atoms with Gasteiger partial charge in [0.25, 0.3) is 0 Å². The minimum Gasteiger partial charge on any atom is -0.374 e. The van der Waals surface area contributed by atoms with Crippen molar-refractivity contribution in [1.82, 2.24) is 4.90 Å². The summed E-state index contributed by atoms with van der Waals surface area (Å²) in [5.74, 6) is 2.29. The molecule has 3 heteroatoms. The van der Waals surface area contributed by atoms with Crippen LogP contribution in [0.4, 0.5) is 0 Å². The molecular weight excluding hydrogens is 154 g/mol. The predicted molar refractivity (Wildman–Crippen MR) is 45.2 cm³/mol. The summed E-state index contributed by atoms with van der Waals surface area (Å²) < 4.78 is 0. The zero-order valence-electron chi connectivity index (χ0n) is 7.37. The SMILES string of the molecule is C#CC1(O)CN(C(=O)C(C)C)C1. The van der Waals surface area contributed by atoms with E-state index in [1.165, 1.54) is 0 Å². The number of carbonyl (C=O) groups excluding carboxylic acids is 1. The lowest BCUT2D eigenvalue weighted by atomic mass is 9.94. The fraction of sp³-hybridized carbons (Fsp3) is 0.667. The van der Waals surface area contributed by atoms with E-state index in [-0.39, 0.29) is 24.9 Å². The second-order valence-corrected chi connectivity index (χ2v) is 3.52. The van der Waals surface area contributed by atoms with E-state index >= 15 is 0 Å². The van der Waals surface area contributed by atoms with Crippen LogP contribution >= 0.6 is 0 Å². The number of rotatable bonds is 1. The van der Waals surface area contributed by atoms with Crippen LogP contribution < -0.4 is 0 Å². The minimum absolute atomic E-state index is 0.0210. The molecule has 1 aliphatic rings. The van der Waals surface area contributed by atoms with Gasteiger partial charge < -0.3 is 10.0 Å². The van der Waals surface area contributed by atoms with E-state index < -0.39 is 5.60 Å². The molecule has 0 unspecified atom stereocenters. The first kappa shape index (κ1) is 9.08. The molecule has 1 saturated heterocycles. The summed E-state index contributed by atoms with van der Waals surface area (Å²) in [4.78, 5) is 12.8. The highest BCUT2D eigenvalue weighted by Gasteiger charge is 2.42. The number of aliphatic hydroxyl groups is 1. The van der Waals surface area contributed by atoms with Gasteiger partial charge >= 0.3 is 0 Å². The third kappa shape index (κ3) is 1.44. The number of amides is 1. The Morgan fingerprint density at radius 2 is 2.17 bits per heavy atom. The second-order valence-electron chi connectivity index (χ2n) is 3.52. The number of hydrogen-bond acceptors (Lipinski definition) is 2. The molecule has 1 rings (SSSR count). The van der Waals surface area contributed by atoms with E-state index in [9.17, 15) is 9.90 Å². The van der Waals surface area contributed by atoms with Crippen LogP contribution in [0.25, 0.3) is 0 Å². The number of hydrogen-bond donors (Lipinski definition) is 1. The fourth-order valence-electron chi connectivity index (χ4n) is 1.20. The lowest BCUT2D eigenvalue weighted by Gasteiger charge is -2.43. The van der Waals surface area contributed by atoms with Crippen molar-refractivity contribution in [3.63, 3.8) is 0 Å². The first-order valence-electron chi connectivity index (χ1n) is 3.97. The Labute approximate surface area is 72.4 Å². The number of terminal acetylenes is 1. The van der Waals surface area contributed by atoms with Crippen LogP contribution in [-0.2, 0) is 4.79 Å². The first-order valence-corrected chi connectivity index (χ1v) is 3.97. The van der Waals surface area contributed by atoms with Gasteiger partial charge in [0, 0.05) is 5.92 Å². The average molecular weight is 167 g/mol. The Bertz CT molecular complexity index is 233. The number of carbonyl (C=O) groups is 1. The molecule has 0 aromatic heterocycles. The molecule has 0 bridgehead atoms. The summed E-state index contributed by atoms with van der Waals surface area (Å²) in [7, 11) is 0. The quantitative estimate of drug-likeness (QED) is 0.552. The minimum atomic E-state index is -1.06. The molecule has 0 aromatic carbocycles. The van der Waals surface area contributed by atoms with Gasteiger partial charge in [0.15, 0.2) is 5.60 Å². The Morgan fingerprint density at radius 3 is 2.50 bits per heavy atom. The van der Waals surface area contributed by atoms with Crippen LogP contribution in [0.1, 0.15) is 13.8 Å². The van der Waals surface area contributed by atoms with E-state index in [2.05, 4.69) is 5.92 Å². The summed E-state index contributed by atoms with van der Waals surface area (Å²) in [6, 6.07) is 0. The van der Waals surface area contributed by atoms with E-state index in [0.717, 1.165) is 0 Å². The van der Waals surface area contributed by atoms with Gasteiger partial charge in [-0.25, -0.2) is 0 Å². The van der Waals surface area contributed by atoms with E-state index in [1.54, 1.807) is 4.90 Å². The van der Waals surface area contributed by atoms with Crippen molar-refractivity contribution in [3.05, 3.63) is 0 Å². The lowest BCUT2D eigenvalue weighted by Crippen LogP contribution is -2.63. The van der Waals surface area contributed by atoms with Gasteiger partial charge in [-0.15, -0.1) is 6.42 Å². The largest absolute Gasteiger partial charge is 0.374 e. The number of β-amino-alcohol motifs (C(OH)–C–C–N with tert-alkyl or cyclic N) is 1. The fourth-order valence-corrected chi connectivity index (χ4v) is 1.20. The molecule has 1 fully saturated rings. The molecular formula is C9H13NO2. The van der Waals surface area contributed by atoms with Crippen LogP contribution in [-0.4, -0.2) is 34.6 Å². The smallest absolute Gasteiger partial charge is 0.225 e. The molecule has 0 spiro atoms. The van der Waals surface area contributed by atoms with Crippen molar-refractivity contribution in [2.45, 2.75) is 19.4 Å². The van der Waals surface area contributed by atoms with Crippen LogP contribution in [0.2, 0.25) is 0 Å². The van der Waals surface area contributed by atoms with Crippen molar-refractivity contribution in [2.24, 2.45) is 5.92 Å². The maximum absolute atomic E-state index is 11.3. The monoisotopic (exact) mass is 167 g/mol. The van der Waals surface area contributed by atoms with Crippen molar-refractivity contribution < 1.29 is 9.90 Å². The third-order valence-corrected chi connectivity index (χ3v) is 1.98. The van der Waals surface area contributed by atoms with Gasteiger partial charge in [-0.3, -0.25) is 4.79 Å². The van der Waals surface area contributed by atoms with Crippen molar-refractivity contribution in [3.8, 4) is 12.3 Å². The van der Waals surface area contributed by atoms with Crippen molar-refractivity contribution in [2.75, 3.05) is 13.1 Å². The van der Waals surface area contributed by atoms with Gasteiger partial charge in [0.05, 0.1) is 13.1 Å². The Kier molecular flexibility index (Phi) is 2.12. The standard InChI is InChI=1S/C9H13NO2/c1-4-9(12)5-10(6-9)8(11)7(2)3/h1,7,12H,5-6H2,2-3H3. The average Bonchev–Trinajstić information content (AvgIpc) is 1.97. The van der Waals surface area contributed by atoms with Gasteiger partial charge in [-0.2, -0.15) is 0 Å². The van der Waals surface area contributed by atoms with E-state index in [1.807, 2.05) is 13.8 Å². The number of likely N-dealkylation sites (tertiary alicyclic amines) is 1. The van der Waals surface area contributed by atoms with Crippen LogP contribution in [0, 0.1) is 18.3 Å². The van der Waals surface area contributed by atoms with Gasteiger partial charge in [0.2, 0.25) is 5.91 Å². The van der Waals surface area contributed by atoms with Crippen molar-refractivity contribution >= 4 is 5.91 Å². The molecule has 66 valence electrons. The molecule has 0 aliphatic carbocycles. The highest BCUT2D eigenvalue weighted by Crippen LogP contribution is 2.21. The highest BCUT2D eigenvalue weighted by molar-refractivity contribution is 5.79. The van der Waals surface area contributed by atoms with Gasteiger partial charge in [-0.05, 0) is 0 Å². The number of nitrogens with zero attached hydrogens (tertiary/aromatic N) is 1. The third-order valence-electron chi connectivity index (χ3n) is 1.98. The maximum Gasteiger partial charge on any atom is 0.225 e. The van der Waals surface area contributed by atoms with Crippen LogP contribution in [0.3, 0.4) is 0 Å². The topological polar surface area (TPSA) is 40.5 Å². The first-order chi connectivity index (χ1) is 5.48.